The van der Waals surface area contributed by atoms with E-state index >= 15 is 0 Å². The van der Waals surface area contributed by atoms with Gasteiger partial charge < -0.3 is 14.8 Å². The zero-order valence-electron chi connectivity index (χ0n) is 18.0. The van der Waals surface area contributed by atoms with Crippen LogP contribution in [0.15, 0.2) is 70.7 Å². The number of rotatable bonds is 6. The third kappa shape index (κ3) is 5.17. The van der Waals surface area contributed by atoms with E-state index in [2.05, 4.69) is 50.5 Å². The first-order chi connectivity index (χ1) is 16.3. The summed E-state index contributed by atoms with van der Waals surface area (Å²) in [6, 6.07) is 20.6. The van der Waals surface area contributed by atoms with Crippen molar-refractivity contribution in [1.29, 1.82) is 5.26 Å². The van der Waals surface area contributed by atoms with Crippen molar-refractivity contribution >= 4 is 23.0 Å². The van der Waals surface area contributed by atoms with Crippen LogP contribution in [-0.2, 0) is 17.9 Å². The average molecular weight is 458 g/mol. The predicted molar refractivity (Wildman–Crippen MR) is 127 cm³/mol. The smallest absolute Gasteiger partial charge is 0.317 e. The van der Waals surface area contributed by atoms with Gasteiger partial charge in [0.15, 0.2) is 0 Å². The van der Waals surface area contributed by atoms with E-state index in [0.29, 0.717) is 17.9 Å². The molecule has 0 atom stereocenters. The van der Waals surface area contributed by atoms with Crippen LogP contribution in [0.25, 0.3) is 5.57 Å². The molecule has 0 bridgehead atoms. The highest BCUT2D eigenvalue weighted by Gasteiger charge is 2.21. The van der Waals surface area contributed by atoms with Crippen molar-refractivity contribution in [2.24, 2.45) is 0 Å². The lowest BCUT2D eigenvalue weighted by atomic mass is 10.1. The molecule has 1 fully saturated rings. The van der Waals surface area contributed by atoms with Crippen LogP contribution in [0, 0.1) is 11.3 Å². The highest BCUT2D eigenvalue weighted by molar-refractivity contribution is 8.04. The summed E-state index contributed by atoms with van der Waals surface area (Å²) < 4.78 is 11.2. The average Bonchev–Trinajstić information content (AvgIpc) is 3.29. The van der Waals surface area contributed by atoms with Gasteiger partial charge in [0, 0.05) is 30.7 Å². The van der Waals surface area contributed by atoms with Crippen LogP contribution < -0.4 is 10.1 Å². The molecule has 7 nitrogen and oxygen atoms in total. The number of anilines is 1. The topological polar surface area (TPSA) is 83.3 Å². The molecular weight excluding hydrogens is 434 g/mol. The van der Waals surface area contributed by atoms with Crippen LogP contribution in [0.1, 0.15) is 16.8 Å². The van der Waals surface area contributed by atoms with Crippen LogP contribution in [0.5, 0.6) is 6.01 Å². The van der Waals surface area contributed by atoms with Crippen molar-refractivity contribution < 1.29 is 9.47 Å². The summed E-state index contributed by atoms with van der Waals surface area (Å²) in [5.41, 5.74) is 4.30. The molecule has 33 heavy (non-hydrogen) atoms. The summed E-state index contributed by atoms with van der Waals surface area (Å²) in [6.45, 7) is 4.84. The Morgan fingerprint density at radius 2 is 1.88 bits per heavy atom. The Bertz CT molecular complexity index is 1170. The fraction of sp³-hybridized carbons (Fsp3) is 0.240. The molecule has 3 heterocycles. The molecular formula is C25H23N5O2S. The highest BCUT2D eigenvalue weighted by Crippen LogP contribution is 2.43. The van der Waals surface area contributed by atoms with Crippen molar-refractivity contribution in [2.45, 2.75) is 18.0 Å². The first-order valence-electron chi connectivity index (χ1n) is 10.8. The lowest BCUT2D eigenvalue weighted by molar-refractivity contribution is 0.0342. The summed E-state index contributed by atoms with van der Waals surface area (Å²) in [6.07, 6.45) is 1.62. The summed E-state index contributed by atoms with van der Waals surface area (Å²) in [5.74, 6) is 0. The largest absolute Gasteiger partial charge is 0.459 e. The van der Waals surface area contributed by atoms with Gasteiger partial charge >= 0.3 is 6.01 Å². The molecule has 2 aliphatic rings. The summed E-state index contributed by atoms with van der Waals surface area (Å²) >= 11 is 1.53. The number of morpholine rings is 1. The maximum absolute atomic E-state index is 9.79. The molecule has 2 aromatic carbocycles. The molecule has 0 aliphatic carbocycles. The normalized spacial score (nSPS) is 17.1. The Morgan fingerprint density at radius 3 is 2.67 bits per heavy atom. The SMILES string of the molecule is N#C/C(=C1/Nc2ccccc2S1)c1ccnc(OCc2ccc(CN3CCOCC3)cc2)n1. The number of hydrogen-bond donors (Lipinski definition) is 1. The number of nitriles is 1. The molecule has 1 aromatic heterocycles. The monoisotopic (exact) mass is 457 g/mol. The zero-order valence-corrected chi connectivity index (χ0v) is 18.8. The van der Waals surface area contributed by atoms with E-state index in [1.165, 1.54) is 17.3 Å². The van der Waals surface area contributed by atoms with E-state index in [9.17, 15) is 5.26 Å². The standard InChI is InChI=1S/C25H23N5O2S/c26-15-20(24-28-22-3-1-2-4-23(22)33-24)21-9-10-27-25(29-21)32-17-19-7-5-18(6-8-19)16-30-11-13-31-14-12-30/h1-10,28H,11-14,16-17H2/b24-20+. The summed E-state index contributed by atoms with van der Waals surface area (Å²) in [4.78, 5) is 12.2. The molecule has 8 heteroatoms. The number of nitrogens with one attached hydrogen (secondary N) is 1. The maximum Gasteiger partial charge on any atom is 0.317 e. The van der Waals surface area contributed by atoms with E-state index in [4.69, 9.17) is 9.47 Å². The van der Waals surface area contributed by atoms with Gasteiger partial charge in [0.1, 0.15) is 18.2 Å². The Morgan fingerprint density at radius 1 is 1.09 bits per heavy atom. The fourth-order valence-electron chi connectivity index (χ4n) is 3.71. The summed E-state index contributed by atoms with van der Waals surface area (Å²) in [7, 11) is 0. The van der Waals surface area contributed by atoms with E-state index in [0.717, 1.165) is 54.0 Å². The molecule has 0 saturated carbocycles. The number of benzene rings is 2. The molecule has 2 aliphatic heterocycles. The molecule has 0 unspecified atom stereocenters. The Balaban J connectivity index is 1.23. The van der Waals surface area contributed by atoms with E-state index in [1.807, 2.05) is 24.3 Å². The van der Waals surface area contributed by atoms with Gasteiger partial charge in [0.2, 0.25) is 0 Å². The van der Waals surface area contributed by atoms with Crippen molar-refractivity contribution in [3.05, 3.63) is 82.6 Å². The number of allylic oxidation sites excluding steroid dienone is 1. The minimum Gasteiger partial charge on any atom is -0.459 e. The molecule has 0 amide bonds. The number of hydrogen-bond acceptors (Lipinski definition) is 8. The lowest BCUT2D eigenvalue weighted by Crippen LogP contribution is -2.35. The number of aromatic nitrogens is 2. The molecule has 5 rings (SSSR count). The molecule has 166 valence electrons. The minimum absolute atomic E-state index is 0.249. The van der Waals surface area contributed by atoms with E-state index in [1.54, 1.807) is 12.3 Å². The Labute approximate surface area is 197 Å². The molecule has 0 radical (unpaired) electrons. The van der Waals surface area contributed by atoms with Gasteiger partial charge in [-0.25, -0.2) is 4.98 Å². The van der Waals surface area contributed by atoms with Gasteiger partial charge in [0.25, 0.3) is 0 Å². The second-order valence-corrected chi connectivity index (χ2v) is 8.81. The fourth-order valence-corrected chi connectivity index (χ4v) is 4.72. The van der Waals surface area contributed by atoms with Crippen molar-refractivity contribution in [1.82, 2.24) is 14.9 Å². The molecule has 1 N–H and O–H groups in total. The third-order valence-corrected chi connectivity index (χ3v) is 6.56. The number of fused-ring (bicyclic) bond motifs is 1. The van der Waals surface area contributed by atoms with Gasteiger partial charge in [-0.05, 0) is 29.3 Å². The second kappa shape index (κ2) is 10.0. The first kappa shape index (κ1) is 21.5. The molecule has 1 saturated heterocycles. The van der Waals surface area contributed by atoms with Crippen LogP contribution in [0.2, 0.25) is 0 Å². The highest BCUT2D eigenvalue weighted by atomic mass is 32.2. The second-order valence-electron chi connectivity index (χ2n) is 7.76. The van der Waals surface area contributed by atoms with Crippen LogP contribution >= 0.6 is 11.8 Å². The van der Waals surface area contributed by atoms with Crippen molar-refractivity contribution in [2.75, 3.05) is 31.6 Å². The summed E-state index contributed by atoms with van der Waals surface area (Å²) in [5, 5.41) is 13.9. The van der Waals surface area contributed by atoms with Gasteiger partial charge in [-0.1, -0.05) is 48.2 Å². The van der Waals surface area contributed by atoms with Gasteiger partial charge in [-0.15, -0.1) is 0 Å². The molecule has 3 aromatic rings. The lowest BCUT2D eigenvalue weighted by Gasteiger charge is -2.26. The van der Waals surface area contributed by atoms with E-state index < -0.39 is 0 Å². The van der Waals surface area contributed by atoms with Crippen LogP contribution in [0.3, 0.4) is 0 Å². The number of para-hydroxylation sites is 1. The van der Waals surface area contributed by atoms with Gasteiger partial charge in [-0.3, -0.25) is 4.90 Å². The number of nitrogens with zero attached hydrogens (tertiary/aromatic N) is 4. The van der Waals surface area contributed by atoms with E-state index in [-0.39, 0.29) is 6.01 Å². The minimum atomic E-state index is 0.249. The number of thioether (sulfide) groups is 1. The van der Waals surface area contributed by atoms with Crippen molar-refractivity contribution in [3.63, 3.8) is 0 Å². The van der Waals surface area contributed by atoms with Crippen molar-refractivity contribution in [3.8, 4) is 12.1 Å². The molecule has 0 spiro atoms. The van der Waals surface area contributed by atoms with Gasteiger partial charge in [0.05, 0.1) is 29.6 Å². The predicted octanol–water partition coefficient (Wildman–Crippen LogP) is 4.30. The third-order valence-electron chi connectivity index (χ3n) is 5.48. The number of ether oxygens (including phenoxy) is 2. The van der Waals surface area contributed by atoms with Crippen LogP contribution in [-0.4, -0.2) is 41.2 Å². The Hall–Kier alpha value is -3.38. The Kier molecular flexibility index (Phi) is 6.53. The zero-order chi connectivity index (χ0) is 22.5. The maximum atomic E-state index is 9.79. The van der Waals surface area contributed by atoms with Crippen LogP contribution in [0.4, 0.5) is 5.69 Å². The quantitative estimate of drug-likeness (QED) is 0.549. The van der Waals surface area contributed by atoms with Gasteiger partial charge in [-0.2, -0.15) is 10.2 Å². The first-order valence-corrected chi connectivity index (χ1v) is 11.6.